The molecule has 20 heavy (non-hydrogen) atoms. The summed E-state index contributed by atoms with van der Waals surface area (Å²) < 4.78 is 19.0. The third-order valence-corrected chi connectivity index (χ3v) is 3.83. The van der Waals surface area contributed by atoms with E-state index in [0.29, 0.717) is 12.1 Å². The first-order valence-electron chi connectivity index (χ1n) is 6.85. The molecule has 1 aliphatic rings. The highest BCUT2D eigenvalue weighted by Crippen LogP contribution is 2.25. The van der Waals surface area contributed by atoms with Crippen LogP contribution in [0.2, 0.25) is 0 Å². The van der Waals surface area contributed by atoms with Crippen molar-refractivity contribution in [3.8, 4) is 5.75 Å². The monoisotopic (exact) mass is 281 g/mol. The van der Waals surface area contributed by atoms with Gasteiger partial charge >= 0.3 is 5.97 Å². The van der Waals surface area contributed by atoms with Crippen LogP contribution in [0.5, 0.6) is 5.75 Å². The fourth-order valence-corrected chi connectivity index (χ4v) is 2.67. The number of hydrogen-bond acceptors (Lipinski definition) is 3. The fourth-order valence-electron chi connectivity index (χ4n) is 2.67. The predicted octanol–water partition coefficient (Wildman–Crippen LogP) is 2.52. The fraction of sp³-hybridized carbons (Fsp3) is 0.533. The molecule has 1 aromatic carbocycles. The number of benzene rings is 1. The van der Waals surface area contributed by atoms with Crippen molar-refractivity contribution < 1.29 is 19.0 Å². The van der Waals surface area contributed by atoms with E-state index in [-0.39, 0.29) is 23.9 Å². The number of ether oxygens (including phenoxy) is 1. The molecule has 4 nitrogen and oxygen atoms in total. The number of carbonyl (C=O) groups is 1. The molecule has 0 atom stereocenters. The quantitative estimate of drug-likeness (QED) is 0.901. The summed E-state index contributed by atoms with van der Waals surface area (Å²) >= 11 is 0. The minimum atomic E-state index is -0.734. The number of likely N-dealkylation sites (tertiary alicyclic amines) is 1. The molecule has 0 spiro atoms. The van der Waals surface area contributed by atoms with E-state index in [9.17, 15) is 9.18 Å². The van der Waals surface area contributed by atoms with Gasteiger partial charge in [0, 0.05) is 18.5 Å². The summed E-state index contributed by atoms with van der Waals surface area (Å²) in [4.78, 5) is 12.8. The predicted molar refractivity (Wildman–Crippen MR) is 73.2 cm³/mol. The Balaban J connectivity index is 1.91. The summed E-state index contributed by atoms with van der Waals surface area (Å²) in [7, 11) is 1.46. The Labute approximate surface area is 118 Å². The van der Waals surface area contributed by atoms with Gasteiger partial charge in [-0.15, -0.1) is 0 Å². The summed E-state index contributed by atoms with van der Waals surface area (Å²) in [5.41, 5.74) is 0.626. The Bertz CT molecular complexity index is 470. The molecule has 0 radical (unpaired) electrons. The first-order chi connectivity index (χ1) is 9.60. The van der Waals surface area contributed by atoms with Crippen LogP contribution in [-0.2, 0) is 11.3 Å². The summed E-state index contributed by atoms with van der Waals surface area (Å²) in [6.45, 7) is 2.17. The van der Waals surface area contributed by atoms with Gasteiger partial charge in [0.25, 0.3) is 0 Å². The van der Waals surface area contributed by atoms with E-state index in [1.807, 2.05) is 0 Å². The van der Waals surface area contributed by atoms with Gasteiger partial charge in [0.15, 0.2) is 11.6 Å². The Hall–Kier alpha value is -1.62. The van der Waals surface area contributed by atoms with E-state index in [0.717, 1.165) is 25.9 Å². The van der Waals surface area contributed by atoms with Crippen molar-refractivity contribution in [3.63, 3.8) is 0 Å². The number of aliphatic carboxylic acids is 1. The van der Waals surface area contributed by atoms with Gasteiger partial charge in [0.2, 0.25) is 0 Å². The average Bonchev–Trinajstić information content (AvgIpc) is 2.43. The van der Waals surface area contributed by atoms with Crippen molar-refractivity contribution in [2.75, 3.05) is 20.2 Å². The van der Waals surface area contributed by atoms with Crippen LogP contribution in [-0.4, -0.2) is 36.2 Å². The standard InChI is InChI=1S/C15H20FNO3/c1-20-13-4-2-3-12(15(13)16)10-17-7-5-11(6-8-17)9-14(18)19/h2-4,11H,5-10H2,1H3,(H,18,19). The number of methoxy groups -OCH3 is 1. The van der Waals surface area contributed by atoms with Crippen molar-refractivity contribution in [2.45, 2.75) is 25.8 Å². The van der Waals surface area contributed by atoms with E-state index in [1.54, 1.807) is 18.2 Å². The van der Waals surface area contributed by atoms with Crippen LogP contribution in [0.25, 0.3) is 0 Å². The van der Waals surface area contributed by atoms with Gasteiger partial charge in [-0.2, -0.15) is 0 Å². The molecule has 0 amide bonds. The highest BCUT2D eigenvalue weighted by atomic mass is 19.1. The van der Waals surface area contributed by atoms with Gasteiger partial charge in [0.1, 0.15) is 0 Å². The molecule has 1 saturated heterocycles. The molecule has 1 N–H and O–H groups in total. The maximum absolute atomic E-state index is 14.0. The molecule has 0 aliphatic carbocycles. The highest BCUT2D eigenvalue weighted by molar-refractivity contribution is 5.67. The highest BCUT2D eigenvalue weighted by Gasteiger charge is 2.22. The minimum Gasteiger partial charge on any atom is -0.494 e. The van der Waals surface area contributed by atoms with Crippen LogP contribution in [0.4, 0.5) is 4.39 Å². The Morgan fingerprint density at radius 1 is 1.45 bits per heavy atom. The summed E-state index contributed by atoms with van der Waals surface area (Å²) in [6, 6.07) is 5.16. The van der Waals surface area contributed by atoms with Crippen molar-refractivity contribution >= 4 is 5.97 Å². The molecule has 0 unspecified atom stereocenters. The third kappa shape index (κ3) is 3.70. The van der Waals surface area contributed by atoms with Crippen molar-refractivity contribution in [3.05, 3.63) is 29.6 Å². The topological polar surface area (TPSA) is 49.8 Å². The van der Waals surface area contributed by atoms with Gasteiger partial charge in [0.05, 0.1) is 7.11 Å². The lowest BCUT2D eigenvalue weighted by Gasteiger charge is -2.31. The number of nitrogens with zero attached hydrogens (tertiary/aromatic N) is 1. The van der Waals surface area contributed by atoms with Crippen LogP contribution < -0.4 is 4.74 Å². The first-order valence-corrected chi connectivity index (χ1v) is 6.85. The second-order valence-electron chi connectivity index (χ2n) is 5.25. The Morgan fingerprint density at radius 3 is 2.75 bits per heavy atom. The first kappa shape index (κ1) is 14.8. The molecule has 1 fully saturated rings. The molecular weight excluding hydrogens is 261 g/mol. The SMILES string of the molecule is COc1cccc(CN2CCC(CC(=O)O)CC2)c1F. The van der Waals surface area contributed by atoms with Gasteiger partial charge in [-0.05, 0) is 37.9 Å². The molecule has 1 aromatic rings. The third-order valence-electron chi connectivity index (χ3n) is 3.83. The van der Waals surface area contributed by atoms with Gasteiger partial charge in [-0.25, -0.2) is 4.39 Å². The lowest BCUT2D eigenvalue weighted by Crippen LogP contribution is -2.34. The zero-order valence-electron chi connectivity index (χ0n) is 11.6. The van der Waals surface area contributed by atoms with Crippen LogP contribution in [0.3, 0.4) is 0 Å². The van der Waals surface area contributed by atoms with E-state index in [2.05, 4.69) is 4.90 Å². The van der Waals surface area contributed by atoms with Crippen LogP contribution in [0.1, 0.15) is 24.8 Å². The molecule has 1 aliphatic heterocycles. The maximum Gasteiger partial charge on any atom is 0.303 e. The number of piperidine rings is 1. The van der Waals surface area contributed by atoms with Crippen molar-refractivity contribution in [2.24, 2.45) is 5.92 Å². The van der Waals surface area contributed by atoms with Crippen LogP contribution in [0, 0.1) is 11.7 Å². The lowest BCUT2D eigenvalue weighted by atomic mass is 9.93. The van der Waals surface area contributed by atoms with Gasteiger partial charge in [-0.3, -0.25) is 9.69 Å². The number of carboxylic acid groups (broad SMARTS) is 1. The van der Waals surface area contributed by atoms with Crippen molar-refractivity contribution in [1.82, 2.24) is 4.90 Å². The van der Waals surface area contributed by atoms with E-state index >= 15 is 0 Å². The number of rotatable bonds is 5. The van der Waals surface area contributed by atoms with E-state index < -0.39 is 5.97 Å². The minimum absolute atomic E-state index is 0.237. The zero-order chi connectivity index (χ0) is 14.5. The number of halogens is 1. The number of carboxylic acids is 1. The Kier molecular flexibility index (Phi) is 4.95. The van der Waals surface area contributed by atoms with E-state index in [1.165, 1.54) is 7.11 Å². The largest absolute Gasteiger partial charge is 0.494 e. The number of hydrogen-bond donors (Lipinski definition) is 1. The van der Waals surface area contributed by atoms with Crippen molar-refractivity contribution in [1.29, 1.82) is 0 Å². The van der Waals surface area contributed by atoms with E-state index in [4.69, 9.17) is 9.84 Å². The molecule has 5 heteroatoms. The molecule has 0 saturated carbocycles. The summed E-state index contributed by atoms with van der Waals surface area (Å²) in [5, 5.41) is 8.78. The lowest BCUT2D eigenvalue weighted by molar-refractivity contribution is -0.138. The smallest absolute Gasteiger partial charge is 0.303 e. The van der Waals surface area contributed by atoms with Gasteiger partial charge in [-0.1, -0.05) is 12.1 Å². The summed E-state index contributed by atoms with van der Waals surface area (Å²) in [5.74, 6) is -0.521. The Morgan fingerprint density at radius 2 is 2.15 bits per heavy atom. The molecule has 0 bridgehead atoms. The second-order valence-corrected chi connectivity index (χ2v) is 5.25. The summed E-state index contributed by atoms with van der Waals surface area (Å²) in [6.07, 6.45) is 1.96. The molecule has 0 aromatic heterocycles. The second kappa shape index (κ2) is 6.70. The molecule has 110 valence electrons. The molecular formula is C15H20FNO3. The average molecular weight is 281 g/mol. The van der Waals surface area contributed by atoms with Crippen LogP contribution >= 0.6 is 0 Å². The van der Waals surface area contributed by atoms with Gasteiger partial charge < -0.3 is 9.84 Å². The normalized spacial score (nSPS) is 17.1. The molecule has 2 rings (SSSR count). The molecule has 1 heterocycles. The van der Waals surface area contributed by atoms with Crippen LogP contribution in [0.15, 0.2) is 18.2 Å². The zero-order valence-corrected chi connectivity index (χ0v) is 11.6. The maximum atomic E-state index is 14.0.